The second-order valence-electron chi connectivity index (χ2n) is 5.77. The van der Waals surface area contributed by atoms with E-state index in [2.05, 4.69) is 4.98 Å². The van der Waals surface area contributed by atoms with E-state index in [1.807, 2.05) is 65.4 Å². The van der Waals surface area contributed by atoms with Crippen molar-refractivity contribution in [2.75, 3.05) is 5.75 Å². The molecule has 0 aliphatic carbocycles. The highest BCUT2D eigenvalue weighted by molar-refractivity contribution is 7.89. The lowest BCUT2D eigenvalue weighted by molar-refractivity contribution is 0.397. The van der Waals surface area contributed by atoms with E-state index >= 15 is 0 Å². The van der Waals surface area contributed by atoms with Crippen molar-refractivity contribution in [1.29, 1.82) is 0 Å². The summed E-state index contributed by atoms with van der Waals surface area (Å²) in [6.07, 6.45) is 2.19. The molecule has 1 aromatic carbocycles. The first-order valence-corrected chi connectivity index (χ1v) is 10.6. The Morgan fingerprint density at radius 3 is 2.40 bits per heavy atom. The lowest BCUT2D eigenvalue weighted by Crippen LogP contribution is -2.33. The molecular weight excluding hydrogens is 352 g/mol. The standard InChI is InChI=1S/C19H20N2O2S2/c22-25(23,13-10-17-6-2-1-3-7-17)21(14-18-9-12-24-16-18)15-19-8-4-5-11-20-19/h1-9,11-12,16H,10,13-15H2. The van der Waals surface area contributed by atoms with Crippen molar-refractivity contribution in [1.82, 2.24) is 9.29 Å². The van der Waals surface area contributed by atoms with Crippen molar-refractivity contribution in [3.8, 4) is 0 Å². The van der Waals surface area contributed by atoms with Crippen molar-refractivity contribution < 1.29 is 8.42 Å². The summed E-state index contributed by atoms with van der Waals surface area (Å²) < 4.78 is 27.4. The number of hydrogen-bond acceptors (Lipinski definition) is 4. The van der Waals surface area contributed by atoms with Gasteiger partial charge >= 0.3 is 0 Å². The highest BCUT2D eigenvalue weighted by atomic mass is 32.2. The van der Waals surface area contributed by atoms with Crippen LogP contribution in [0.15, 0.2) is 71.6 Å². The number of hydrogen-bond donors (Lipinski definition) is 0. The topological polar surface area (TPSA) is 50.3 Å². The monoisotopic (exact) mass is 372 g/mol. The molecule has 3 rings (SSSR count). The molecule has 0 unspecified atom stereocenters. The molecule has 0 radical (unpaired) electrons. The van der Waals surface area contributed by atoms with Crippen LogP contribution in [0, 0.1) is 0 Å². The summed E-state index contributed by atoms with van der Waals surface area (Å²) in [7, 11) is -3.40. The van der Waals surface area contributed by atoms with Gasteiger partial charge in [-0.05, 0) is 46.5 Å². The van der Waals surface area contributed by atoms with E-state index in [1.54, 1.807) is 17.5 Å². The van der Waals surface area contributed by atoms with E-state index in [9.17, 15) is 8.42 Å². The van der Waals surface area contributed by atoms with Gasteiger partial charge in [-0.3, -0.25) is 4.98 Å². The number of nitrogens with zero attached hydrogens (tertiary/aromatic N) is 2. The van der Waals surface area contributed by atoms with Gasteiger partial charge in [-0.25, -0.2) is 8.42 Å². The van der Waals surface area contributed by atoms with Crippen molar-refractivity contribution in [3.05, 3.63) is 88.4 Å². The zero-order valence-corrected chi connectivity index (χ0v) is 15.4. The first kappa shape index (κ1) is 17.8. The molecule has 6 heteroatoms. The fourth-order valence-corrected chi connectivity index (χ4v) is 4.62. The van der Waals surface area contributed by atoms with Gasteiger partial charge in [-0.1, -0.05) is 36.4 Å². The van der Waals surface area contributed by atoms with E-state index in [0.717, 1.165) is 16.8 Å². The molecule has 0 fully saturated rings. The predicted molar refractivity (Wildman–Crippen MR) is 102 cm³/mol. The van der Waals surface area contributed by atoms with Gasteiger partial charge in [-0.2, -0.15) is 15.6 Å². The molecule has 25 heavy (non-hydrogen) atoms. The summed E-state index contributed by atoms with van der Waals surface area (Å²) >= 11 is 1.57. The van der Waals surface area contributed by atoms with Gasteiger partial charge in [-0.15, -0.1) is 0 Å². The zero-order valence-electron chi connectivity index (χ0n) is 13.8. The number of pyridine rings is 1. The van der Waals surface area contributed by atoms with Crippen LogP contribution in [-0.4, -0.2) is 23.5 Å². The van der Waals surface area contributed by atoms with Crippen LogP contribution in [0.25, 0.3) is 0 Å². The molecule has 2 heterocycles. The maximum atomic E-state index is 12.9. The summed E-state index contributed by atoms with van der Waals surface area (Å²) in [4.78, 5) is 4.28. The molecule has 0 amide bonds. The second kappa shape index (κ2) is 8.38. The first-order chi connectivity index (χ1) is 12.1. The van der Waals surface area contributed by atoms with Gasteiger partial charge in [0.2, 0.25) is 10.0 Å². The average Bonchev–Trinajstić information content (AvgIpc) is 3.15. The summed E-state index contributed by atoms with van der Waals surface area (Å²) in [6, 6.07) is 17.2. The predicted octanol–water partition coefficient (Wildman–Crippen LogP) is 3.72. The molecule has 0 aliphatic heterocycles. The molecule has 0 saturated carbocycles. The SMILES string of the molecule is O=S(=O)(CCc1ccccc1)N(Cc1ccsc1)Cc1ccccn1. The van der Waals surface area contributed by atoms with Crippen molar-refractivity contribution in [3.63, 3.8) is 0 Å². The molecule has 3 aromatic rings. The first-order valence-electron chi connectivity index (χ1n) is 8.06. The summed E-state index contributed by atoms with van der Waals surface area (Å²) in [5, 5.41) is 3.95. The minimum atomic E-state index is -3.40. The van der Waals surface area contributed by atoms with Gasteiger partial charge in [0.05, 0.1) is 18.0 Å². The number of aryl methyl sites for hydroxylation is 1. The summed E-state index contributed by atoms with van der Waals surface area (Å²) in [5.74, 6) is 0.0913. The Kier molecular flexibility index (Phi) is 5.96. The van der Waals surface area contributed by atoms with Crippen molar-refractivity contribution in [2.24, 2.45) is 0 Å². The van der Waals surface area contributed by atoms with Crippen LogP contribution in [0.2, 0.25) is 0 Å². The zero-order chi connectivity index (χ0) is 17.5. The van der Waals surface area contributed by atoms with Crippen LogP contribution in [0.3, 0.4) is 0 Å². The fourth-order valence-electron chi connectivity index (χ4n) is 2.53. The molecule has 0 aliphatic rings. The Morgan fingerprint density at radius 2 is 1.72 bits per heavy atom. The number of benzene rings is 1. The second-order valence-corrected chi connectivity index (χ2v) is 8.64. The lowest BCUT2D eigenvalue weighted by Gasteiger charge is -2.21. The number of aromatic nitrogens is 1. The summed E-state index contributed by atoms with van der Waals surface area (Å²) in [6.45, 7) is 0.658. The van der Waals surface area contributed by atoms with Gasteiger partial charge in [0.1, 0.15) is 0 Å². The van der Waals surface area contributed by atoms with Crippen molar-refractivity contribution in [2.45, 2.75) is 19.5 Å². The minimum absolute atomic E-state index is 0.0913. The highest BCUT2D eigenvalue weighted by Gasteiger charge is 2.23. The Morgan fingerprint density at radius 1 is 0.920 bits per heavy atom. The van der Waals surface area contributed by atoms with E-state index in [0.29, 0.717) is 13.0 Å². The molecule has 4 nitrogen and oxygen atoms in total. The largest absolute Gasteiger partial charge is 0.260 e. The normalized spacial score (nSPS) is 11.7. The highest BCUT2D eigenvalue weighted by Crippen LogP contribution is 2.17. The number of rotatable bonds is 8. The molecule has 0 saturated heterocycles. The quantitative estimate of drug-likeness (QED) is 0.605. The van der Waals surface area contributed by atoms with Crippen LogP contribution in [-0.2, 0) is 29.5 Å². The molecule has 0 bridgehead atoms. The molecule has 0 atom stereocenters. The third-order valence-electron chi connectivity index (χ3n) is 3.89. The molecule has 0 spiro atoms. The van der Waals surface area contributed by atoms with Crippen LogP contribution >= 0.6 is 11.3 Å². The minimum Gasteiger partial charge on any atom is -0.260 e. The fraction of sp³-hybridized carbons (Fsp3) is 0.211. The Labute approximate surface area is 152 Å². The van der Waals surface area contributed by atoms with Crippen LogP contribution in [0.5, 0.6) is 0 Å². The van der Waals surface area contributed by atoms with Gasteiger partial charge in [0, 0.05) is 12.7 Å². The van der Waals surface area contributed by atoms with Gasteiger partial charge in [0.25, 0.3) is 0 Å². The van der Waals surface area contributed by atoms with E-state index in [-0.39, 0.29) is 12.3 Å². The van der Waals surface area contributed by atoms with Crippen molar-refractivity contribution >= 4 is 21.4 Å². The maximum Gasteiger partial charge on any atom is 0.215 e. The van der Waals surface area contributed by atoms with Crippen LogP contribution < -0.4 is 0 Å². The van der Waals surface area contributed by atoms with E-state index in [1.165, 1.54) is 4.31 Å². The van der Waals surface area contributed by atoms with Crippen LogP contribution in [0.1, 0.15) is 16.8 Å². The molecular formula is C19H20N2O2S2. The lowest BCUT2D eigenvalue weighted by atomic mass is 10.2. The van der Waals surface area contributed by atoms with Crippen LogP contribution in [0.4, 0.5) is 0 Å². The summed E-state index contributed by atoms with van der Waals surface area (Å²) in [5.41, 5.74) is 2.78. The Balaban J connectivity index is 1.76. The molecule has 130 valence electrons. The number of thiophene rings is 1. The molecule has 2 aromatic heterocycles. The Bertz CT molecular complexity index is 864. The smallest absolute Gasteiger partial charge is 0.215 e. The third-order valence-corrected chi connectivity index (χ3v) is 6.39. The van der Waals surface area contributed by atoms with Gasteiger partial charge < -0.3 is 0 Å². The van der Waals surface area contributed by atoms with E-state index < -0.39 is 10.0 Å². The third kappa shape index (κ3) is 5.22. The number of sulfonamides is 1. The maximum absolute atomic E-state index is 12.9. The van der Waals surface area contributed by atoms with Gasteiger partial charge in [0.15, 0.2) is 0 Å². The average molecular weight is 373 g/mol. The van der Waals surface area contributed by atoms with E-state index in [4.69, 9.17) is 0 Å². The Hall–Kier alpha value is -2.02. The molecule has 0 N–H and O–H groups in total.